The predicted octanol–water partition coefficient (Wildman–Crippen LogP) is 2.74. The van der Waals surface area contributed by atoms with Gasteiger partial charge in [0.15, 0.2) is 0 Å². The molecule has 0 amide bonds. The van der Waals surface area contributed by atoms with Crippen LogP contribution >= 0.6 is 43.2 Å². The standard InChI is InChI=1S/C10H20O4S4/c1-5-15-16-6-3-13-10-14-4-8-18-17-7-2-12-9-11-1/h1-10H2. The van der Waals surface area contributed by atoms with Crippen molar-refractivity contribution < 1.29 is 18.9 Å². The lowest BCUT2D eigenvalue weighted by molar-refractivity contribution is -0.0430. The summed E-state index contributed by atoms with van der Waals surface area (Å²) in [6, 6.07) is 0. The molecule has 0 radical (unpaired) electrons. The fourth-order valence-corrected chi connectivity index (χ4v) is 4.41. The number of hydrogen-bond donors (Lipinski definition) is 0. The van der Waals surface area contributed by atoms with Gasteiger partial charge in [0.05, 0.1) is 26.4 Å². The van der Waals surface area contributed by atoms with Crippen molar-refractivity contribution in [3.8, 4) is 0 Å². The van der Waals surface area contributed by atoms with Gasteiger partial charge in [-0.25, -0.2) is 0 Å². The molecule has 0 aromatic rings. The number of hydrogen-bond acceptors (Lipinski definition) is 8. The molecule has 1 saturated heterocycles. The third-order valence-corrected chi connectivity index (χ3v) is 6.41. The molecule has 1 aliphatic heterocycles. The summed E-state index contributed by atoms with van der Waals surface area (Å²) in [4.78, 5) is 0. The second kappa shape index (κ2) is 14.6. The average molecular weight is 333 g/mol. The SMILES string of the molecule is C1CSSCCOCOCCSSCCOCO1. The molecule has 0 saturated carbocycles. The molecule has 0 unspecified atom stereocenters. The van der Waals surface area contributed by atoms with Gasteiger partial charge in [-0.05, 0) is 0 Å². The Balaban J connectivity index is 2.00. The maximum atomic E-state index is 5.36. The van der Waals surface area contributed by atoms with E-state index in [1.807, 2.05) is 0 Å². The summed E-state index contributed by atoms with van der Waals surface area (Å²) in [6.45, 7) is 3.77. The van der Waals surface area contributed by atoms with E-state index in [2.05, 4.69) is 0 Å². The van der Waals surface area contributed by atoms with Gasteiger partial charge < -0.3 is 18.9 Å². The van der Waals surface area contributed by atoms with Crippen molar-refractivity contribution in [2.45, 2.75) is 0 Å². The van der Waals surface area contributed by atoms with Gasteiger partial charge in [-0.2, -0.15) is 0 Å². The zero-order valence-corrected chi connectivity index (χ0v) is 13.6. The monoisotopic (exact) mass is 332 g/mol. The molecule has 1 heterocycles. The quantitative estimate of drug-likeness (QED) is 0.627. The zero-order valence-electron chi connectivity index (χ0n) is 10.3. The summed E-state index contributed by atoms with van der Waals surface area (Å²) in [5, 5.41) is 0. The first-order chi connectivity index (χ1) is 9.00. The maximum Gasteiger partial charge on any atom is 0.146 e. The summed E-state index contributed by atoms with van der Waals surface area (Å²) < 4.78 is 21.4. The number of rotatable bonds is 0. The molecule has 8 heteroatoms. The molecule has 0 aliphatic carbocycles. The topological polar surface area (TPSA) is 36.9 Å². The molecule has 1 fully saturated rings. The fraction of sp³-hybridized carbons (Fsp3) is 1.00. The van der Waals surface area contributed by atoms with Crippen LogP contribution in [-0.2, 0) is 18.9 Å². The van der Waals surface area contributed by atoms with E-state index in [1.165, 1.54) is 0 Å². The Labute approximate surface area is 125 Å². The lowest BCUT2D eigenvalue weighted by Gasteiger charge is -2.08. The van der Waals surface area contributed by atoms with Crippen molar-refractivity contribution in [3.05, 3.63) is 0 Å². The van der Waals surface area contributed by atoms with E-state index in [-0.39, 0.29) is 0 Å². The molecular weight excluding hydrogens is 312 g/mol. The molecule has 4 nitrogen and oxygen atoms in total. The third-order valence-electron chi connectivity index (χ3n) is 1.74. The van der Waals surface area contributed by atoms with Crippen LogP contribution in [0.25, 0.3) is 0 Å². The van der Waals surface area contributed by atoms with Crippen molar-refractivity contribution >= 4 is 43.2 Å². The Kier molecular flexibility index (Phi) is 14.1. The lowest BCUT2D eigenvalue weighted by atomic mass is 10.8. The summed E-state index contributed by atoms with van der Waals surface area (Å²) in [6.07, 6.45) is 0. The van der Waals surface area contributed by atoms with Crippen LogP contribution < -0.4 is 0 Å². The lowest BCUT2D eigenvalue weighted by Crippen LogP contribution is -2.07. The summed E-state index contributed by atoms with van der Waals surface area (Å²) in [7, 11) is 7.22. The average Bonchev–Trinajstić information content (AvgIpc) is 2.39. The molecule has 0 aromatic heterocycles. The zero-order chi connectivity index (χ0) is 12.7. The van der Waals surface area contributed by atoms with Crippen LogP contribution in [0.5, 0.6) is 0 Å². The van der Waals surface area contributed by atoms with Gasteiger partial charge in [-0.1, -0.05) is 43.2 Å². The highest BCUT2D eigenvalue weighted by atomic mass is 33.1. The molecule has 1 aliphatic rings. The van der Waals surface area contributed by atoms with Crippen molar-refractivity contribution in [1.29, 1.82) is 0 Å². The minimum Gasteiger partial charge on any atom is -0.355 e. The van der Waals surface area contributed by atoms with Gasteiger partial charge in [0.1, 0.15) is 13.6 Å². The minimum absolute atomic E-state index is 0.405. The van der Waals surface area contributed by atoms with Crippen molar-refractivity contribution in [1.82, 2.24) is 0 Å². The van der Waals surface area contributed by atoms with Crippen LogP contribution in [0.1, 0.15) is 0 Å². The molecule has 0 atom stereocenters. The predicted molar refractivity (Wildman–Crippen MR) is 83.4 cm³/mol. The fourth-order valence-electron chi connectivity index (χ4n) is 0.961. The van der Waals surface area contributed by atoms with Gasteiger partial charge in [-0.15, -0.1) is 0 Å². The first kappa shape index (κ1) is 17.3. The number of ether oxygens (including phenoxy) is 4. The molecule has 0 N–H and O–H groups in total. The molecule has 0 bridgehead atoms. The van der Waals surface area contributed by atoms with Gasteiger partial charge in [0, 0.05) is 23.0 Å². The van der Waals surface area contributed by atoms with Crippen LogP contribution in [0.3, 0.4) is 0 Å². The van der Waals surface area contributed by atoms with E-state index >= 15 is 0 Å². The van der Waals surface area contributed by atoms with Crippen LogP contribution in [-0.4, -0.2) is 63.0 Å². The Morgan fingerprint density at radius 3 is 1.00 bits per heavy atom. The molecular formula is C10H20O4S4. The van der Waals surface area contributed by atoms with E-state index in [0.29, 0.717) is 13.6 Å². The second-order valence-electron chi connectivity index (χ2n) is 3.16. The van der Waals surface area contributed by atoms with Crippen molar-refractivity contribution in [2.75, 3.05) is 63.0 Å². The Morgan fingerprint density at radius 2 is 0.722 bits per heavy atom. The van der Waals surface area contributed by atoms with E-state index in [0.717, 1.165) is 49.4 Å². The molecule has 18 heavy (non-hydrogen) atoms. The Morgan fingerprint density at radius 1 is 0.444 bits per heavy atom. The van der Waals surface area contributed by atoms with Gasteiger partial charge in [0.2, 0.25) is 0 Å². The second-order valence-corrected chi connectivity index (χ2v) is 8.56. The molecule has 1 rings (SSSR count). The van der Waals surface area contributed by atoms with E-state index in [4.69, 9.17) is 18.9 Å². The largest absolute Gasteiger partial charge is 0.355 e. The molecule has 0 spiro atoms. The summed E-state index contributed by atoms with van der Waals surface area (Å²) in [5.74, 6) is 3.93. The van der Waals surface area contributed by atoms with Crippen molar-refractivity contribution in [3.63, 3.8) is 0 Å². The molecule has 0 aromatic carbocycles. The van der Waals surface area contributed by atoms with Gasteiger partial charge in [0.25, 0.3) is 0 Å². The highest BCUT2D eigenvalue weighted by Crippen LogP contribution is 2.21. The van der Waals surface area contributed by atoms with Crippen LogP contribution in [0.2, 0.25) is 0 Å². The van der Waals surface area contributed by atoms with Gasteiger partial charge >= 0.3 is 0 Å². The minimum atomic E-state index is 0.405. The van der Waals surface area contributed by atoms with Crippen LogP contribution in [0, 0.1) is 0 Å². The Bertz CT molecular complexity index is 101. The van der Waals surface area contributed by atoms with Crippen LogP contribution in [0.15, 0.2) is 0 Å². The summed E-state index contributed by atoms with van der Waals surface area (Å²) in [5.41, 5.74) is 0. The Hall–Kier alpha value is 1.24. The molecule has 108 valence electrons. The van der Waals surface area contributed by atoms with E-state index < -0.39 is 0 Å². The third kappa shape index (κ3) is 12.3. The smallest absolute Gasteiger partial charge is 0.146 e. The summed E-state index contributed by atoms with van der Waals surface area (Å²) >= 11 is 0. The van der Waals surface area contributed by atoms with Crippen LogP contribution in [0.4, 0.5) is 0 Å². The highest BCUT2D eigenvalue weighted by Gasteiger charge is 1.96. The normalized spacial score (nSPS) is 24.0. The van der Waals surface area contributed by atoms with E-state index in [9.17, 15) is 0 Å². The maximum absolute atomic E-state index is 5.36. The van der Waals surface area contributed by atoms with E-state index in [1.54, 1.807) is 43.2 Å². The van der Waals surface area contributed by atoms with Gasteiger partial charge in [-0.3, -0.25) is 0 Å². The highest BCUT2D eigenvalue weighted by molar-refractivity contribution is 8.77. The van der Waals surface area contributed by atoms with Crippen molar-refractivity contribution in [2.24, 2.45) is 0 Å². The first-order valence-electron chi connectivity index (χ1n) is 5.80. The first-order valence-corrected chi connectivity index (χ1v) is 10.8.